The van der Waals surface area contributed by atoms with E-state index < -0.39 is 0 Å². The molecule has 4 nitrogen and oxygen atoms in total. The molecule has 3 rings (SSSR count). The van der Waals surface area contributed by atoms with Gasteiger partial charge in [-0.2, -0.15) is 0 Å². The summed E-state index contributed by atoms with van der Waals surface area (Å²) < 4.78 is 11.3. The minimum atomic E-state index is 0.385. The van der Waals surface area contributed by atoms with Gasteiger partial charge in [0.05, 0.1) is 5.02 Å². The normalized spacial score (nSPS) is 25.9. The van der Waals surface area contributed by atoms with Gasteiger partial charge in [-0.3, -0.25) is 4.90 Å². The molecule has 1 aromatic rings. The van der Waals surface area contributed by atoms with Crippen molar-refractivity contribution >= 4 is 11.6 Å². The van der Waals surface area contributed by atoms with Crippen LogP contribution in [0.3, 0.4) is 0 Å². The Kier molecular flexibility index (Phi) is 4.06. The van der Waals surface area contributed by atoms with Gasteiger partial charge < -0.3 is 14.8 Å². The van der Waals surface area contributed by atoms with Crippen molar-refractivity contribution in [3.05, 3.63) is 22.7 Å². The van der Waals surface area contributed by atoms with Crippen LogP contribution in [0.2, 0.25) is 5.02 Å². The number of likely N-dealkylation sites (tertiary alicyclic amines) is 1. The molecule has 110 valence electrons. The molecule has 1 fully saturated rings. The van der Waals surface area contributed by atoms with Crippen molar-refractivity contribution in [1.82, 2.24) is 10.2 Å². The lowest BCUT2D eigenvalue weighted by molar-refractivity contribution is 0.170. The first-order chi connectivity index (χ1) is 9.70. The minimum absolute atomic E-state index is 0.385. The molecule has 2 unspecified atom stereocenters. The fraction of sp³-hybridized carbons (Fsp3) is 0.600. The summed E-state index contributed by atoms with van der Waals surface area (Å²) in [7, 11) is 4.18. The Morgan fingerprint density at radius 2 is 2.15 bits per heavy atom. The van der Waals surface area contributed by atoms with E-state index in [-0.39, 0.29) is 0 Å². The van der Waals surface area contributed by atoms with Gasteiger partial charge in [-0.15, -0.1) is 0 Å². The third-order valence-corrected chi connectivity index (χ3v) is 4.48. The molecule has 20 heavy (non-hydrogen) atoms. The lowest BCUT2D eigenvalue weighted by atomic mass is 9.93. The predicted octanol–water partition coefficient (Wildman–Crippen LogP) is 2.32. The molecule has 2 aliphatic rings. The second kappa shape index (κ2) is 5.80. The highest BCUT2D eigenvalue weighted by atomic mass is 35.5. The van der Waals surface area contributed by atoms with Gasteiger partial charge in [0.2, 0.25) is 0 Å². The van der Waals surface area contributed by atoms with Crippen LogP contribution in [0.4, 0.5) is 0 Å². The summed E-state index contributed by atoms with van der Waals surface area (Å²) in [6, 6.07) is 4.51. The SMILES string of the molecule is CNCC1CCN(C)C1c1cc(Cl)c2c(c1)OCCO2. The molecule has 5 heteroatoms. The number of rotatable bonds is 3. The Hall–Kier alpha value is -0.970. The van der Waals surface area contributed by atoms with Gasteiger partial charge in [0.25, 0.3) is 0 Å². The zero-order valence-corrected chi connectivity index (χ0v) is 12.7. The Morgan fingerprint density at radius 3 is 2.95 bits per heavy atom. The molecule has 0 spiro atoms. The quantitative estimate of drug-likeness (QED) is 0.928. The summed E-state index contributed by atoms with van der Waals surface area (Å²) in [4.78, 5) is 2.39. The van der Waals surface area contributed by atoms with Crippen LogP contribution in [0, 0.1) is 5.92 Å². The molecule has 1 N–H and O–H groups in total. The summed E-state index contributed by atoms with van der Waals surface area (Å²) >= 11 is 6.36. The molecule has 0 radical (unpaired) electrons. The van der Waals surface area contributed by atoms with Crippen molar-refractivity contribution in [3.8, 4) is 11.5 Å². The van der Waals surface area contributed by atoms with E-state index in [0.29, 0.717) is 35.9 Å². The first-order valence-electron chi connectivity index (χ1n) is 7.14. The summed E-state index contributed by atoms with van der Waals surface area (Å²) in [5.41, 5.74) is 1.22. The standard InChI is InChI=1S/C15H21ClN2O2/c1-17-9-10-3-4-18(2)14(10)11-7-12(16)15-13(8-11)19-5-6-20-15/h7-8,10,14,17H,3-6,9H2,1-2H3. The summed E-state index contributed by atoms with van der Waals surface area (Å²) in [6.07, 6.45) is 1.20. The highest BCUT2D eigenvalue weighted by molar-refractivity contribution is 6.32. The van der Waals surface area contributed by atoms with Crippen LogP contribution in [0.25, 0.3) is 0 Å². The van der Waals surface area contributed by atoms with Gasteiger partial charge in [0, 0.05) is 6.04 Å². The van der Waals surface area contributed by atoms with E-state index in [1.165, 1.54) is 12.0 Å². The second-order valence-electron chi connectivity index (χ2n) is 5.56. The Bertz CT molecular complexity index is 493. The van der Waals surface area contributed by atoms with E-state index in [2.05, 4.69) is 23.3 Å². The lowest BCUT2D eigenvalue weighted by Gasteiger charge is -2.28. The molecule has 0 saturated carbocycles. The summed E-state index contributed by atoms with van der Waals surface area (Å²) in [6.45, 7) is 3.29. The maximum atomic E-state index is 6.36. The van der Waals surface area contributed by atoms with Crippen LogP contribution in [-0.2, 0) is 0 Å². The molecule has 0 aromatic heterocycles. The van der Waals surface area contributed by atoms with Gasteiger partial charge in [-0.25, -0.2) is 0 Å². The molecule has 2 aliphatic heterocycles. The third kappa shape index (κ3) is 2.48. The monoisotopic (exact) mass is 296 g/mol. The number of ether oxygens (including phenoxy) is 2. The molecular weight excluding hydrogens is 276 g/mol. The molecule has 1 saturated heterocycles. The molecule has 0 amide bonds. The van der Waals surface area contributed by atoms with E-state index >= 15 is 0 Å². The van der Waals surface area contributed by atoms with E-state index in [0.717, 1.165) is 18.8 Å². The maximum absolute atomic E-state index is 6.36. The van der Waals surface area contributed by atoms with Crippen LogP contribution in [0.1, 0.15) is 18.0 Å². The number of nitrogens with zero attached hydrogens (tertiary/aromatic N) is 1. The van der Waals surface area contributed by atoms with Crippen LogP contribution in [0.5, 0.6) is 11.5 Å². The van der Waals surface area contributed by atoms with Crippen molar-refractivity contribution in [2.24, 2.45) is 5.92 Å². The van der Waals surface area contributed by atoms with Gasteiger partial charge >= 0.3 is 0 Å². The highest BCUT2D eigenvalue weighted by Gasteiger charge is 2.33. The Balaban J connectivity index is 1.94. The Labute approximate surface area is 125 Å². The zero-order valence-electron chi connectivity index (χ0n) is 12.0. The van der Waals surface area contributed by atoms with E-state index in [1.54, 1.807) is 0 Å². The average molecular weight is 297 g/mol. The first-order valence-corrected chi connectivity index (χ1v) is 7.52. The molecular formula is C15H21ClN2O2. The summed E-state index contributed by atoms with van der Waals surface area (Å²) in [5, 5.41) is 3.94. The van der Waals surface area contributed by atoms with Gasteiger partial charge in [0.15, 0.2) is 11.5 Å². The molecule has 2 heterocycles. The minimum Gasteiger partial charge on any atom is -0.486 e. The molecule has 0 bridgehead atoms. The Morgan fingerprint density at radius 1 is 1.35 bits per heavy atom. The van der Waals surface area contributed by atoms with E-state index in [9.17, 15) is 0 Å². The number of fused-ring (bicyclic) bond motifs is 1. The summed E-state index contributed by atoms with van der Waals surface area (Å²) in [5.74, 6) is 2.07. The maximum Gasteiger partial charge on any atom is 0.179 e. The van der Waals surface area contributed by atoms with Crippen LogP contribution in [-0.4, -0.2) is 45.3 Å². The highest BCUT2D eigenvalue weighted by Crippen LogP contribution is 2.43. The van der Waals surface area contributed by atoms with E-state index in [1.807, 2.05) is 13.1 Å². The second-order valence-corrected chi connectivity index (χ2v) is 5.97. The van der Waals surface area contributed by atoms with Gasteiger partial charge in [0.1, 0.15) is 13.2 Å². The smallest absolute Gasteiger partial charge is 0.179 e. The zero-order chi connectivity index (χ0) is 14.1. The number of halogens is 1. The predicted molar refractivity (Wildman–Crippen MR) is 79.8 cm³/mol. The van der Waals surface area contributed by atoms with Crippen LogP contribution < -0.4 is 14.8 Å². The van der Waals surface area contributed by atoms with Crippen molar-refractivity contribution < 1.29 is 9.47 Å². The van der Waals surface area contributed by atoms with Crippen LogP contribution >= 0.6 is 11.6 Å². The van der Waals surface area contributed by atoms with Gasteiger partial charge in [-0.1, -0.05) is 11.6 Å². The molecule has 0 aliphatic carbocycles. The average Bonchev–Trinajstić information content (AvgIpc) is 2.80. The number of hydrogen-bond donors (Lipinski definition) is 1. The van der Waals surface area contributed by atoms with Crippen molar-refractivity contribution in [2.45, 2.75) is 12.5 Å². The fourth-order valence-electron chi connectivity index (χ4n) is 3.33. The van der Waals surface area contributed by atoms with Gasteiger partial charge in [-0.05, 0) is 57.2 Å². The van der Waals surface area contributed by atoms with E-state index in [4.69, 9.17) is 21.1 Å². The first kappa shape index (κ1) is 14.0. The topological polar surface area (TPSA) is 33.7 Å². The number of nitrogens with one attached hydrogen (secondary N) is 1. The van der Waals surface area contributed by atoms with Crippen molar-refractivity contribution in [3.63, 3.8) is 0 Å². The fourth-order valence-corrected chi connectivity index (χ4v) is 3.60. The number of benzene rings is 1. The van der Waals surface area contributed by atoms with Crippen molar-refractivity contribution in [2.75, 3.05) is 40.4 Å². The van der Waals surface area contributed by atoms with Crippen LogP contribution in [0.15, 0.2) is 12.1 Å². The molecule has 1 aromatic carbocycles. The number of hydrogen-bond acceptors (Lipinski definition) is 4. The lowest BCUT2D eigenvalue weighted by Crippen LogP contribution is -2.27. The largest absolute Gasteiger partial charge is 0.486 e. The third-order valence-electron chi connectivity index (χ3n) is 4.20. The molecule has 2 atom stereocenters. The van der Waals surface area contributed by atoms with Crippen molar-refractivity contribution in [1.29, 1.82) is 0 Å².